The molecule has 0 aliphatic carbocycles. The molecule has 96 heavy (non-hydrogen) atoms. The number of carbonyl (C=O) groups is 2. The van der Waals surface area contributed by atoms with Gasteiger partial charge >= 0.3 is 11.9 Å². The van der Waals surface area contributed by atoms with Crippen molar-refractivity contribution in [2.45, 2.75) is 302 Å². The molecule has 0 radical (unpaired) electrons. The number of likely N-dealkylation sites (N-methyl/N-ethyl adjacent to an activating group) is 1. The molecule has 2 unspecified atom stereocenters. The molecule has 0 heterocycles. The van der Waals surface area contributed by atoms with Crippen LogP contribution in [0, 0.1) is 0 Å². The number of unbranched alkanes of at least 4 members (excludes halogenated alkanes) is 25. The number of hydrogen-bond donors (Lipinski definition) is 0. The lowest BCUT2D eigenvalue weighted by molar-refractivity contribution is -0.870. The molecule has 0 spiro atoms. The molecule has 2 atom stereocenters. The number of carbonyl (C=O) groups excluding carboxylic acids is 2. The van der Waals surface area contributed by atoms with Crippen LogP contribution in [0.5, 0.6) is 0 Å². The van der Waals surface area contributed by atoms with Crippen LogP contribution < -0.4 is 4.89 Å². The van der Waals surface area contributed by atoms with Gasteiger partial charge in [-0.2, -0.15) is 0 Å². The van der Waals surface area contributed by atoms with Gasteiger partial charge in [-0.05, 0) is 135 Å². The fourth-order valence-electron chi connectivity index (χ4n) is 10.1. The first-order valence-corrected chi connectivity index (χ1v) is 40.0. The van der Waals surface area contributed by atoms with E-state index < -0.39 is 26.5 Å². The van der Waals surface area contributed by atoms with Crippen molar-refractivity contribution in [2.75, 3.05) is 47.5 Å². The van der Waals surface area contributed by atoms with Gasteiger partial charge in [-0.1, -0.05) is 331 Å². The minimum atomic E-state index is -4.66. The second-order valence-corrected chi connectivity index (χ2v) is 27.7. The standard InChI is InChI=1S/C86H142NO8P/c1-6-8-10-12-14-16-18-20-22-24-26-28-30-32-34-36-38-40-41-42-43-44-45-47-49-51-53-55-57-59-61-63-65-67-69-71-73-75-77-79-86(89)95-84(83-94-96(90,91)93-81-80-87(3,4)5)82-92-85(88)78-76-74-72-70-68-66-64-62-60-58-56-54-52-50-48-46-39-37-35-33-31-29-27-25-23-21-19-17-15-13-11-9-7-2/h8-11,14-17,20-23,26-29,32-35,38-40,42-43,45-47,51,53,84H,6-7,12-13,18-19,24-25,30-31,36-37,41,44,48-50,52,54-83H2,1-5H3/b10-8-,11-9-,16-14-,17-15-,22-20-,23-21-,28-26-,29-27-,34-32-,35-33-,40-38-,43-42-,46-39-,47-45-,53-51-. The van der Waals surface area contributed by atoms with Crippen LogP contribution in [-0.2, 0) is 32.7 Å². The van der Waals surface area contributed by atoms with Gasteiger partial charge in [0.1, 0.15) is 19.8 Å². The Morgan fingerprint density at radius 2 is 0.562 bits per heavy atom. The number of esters is 2. The second-order valence-electron chi connectivity index (χ2n) is 26.3. The van der Waals surface area contributed by atoms with E-state index in [4.69, 9.17) is 18.5 Å². The summed E-state index contributed by atoms with van der Waals surface area (Å²) in [6, 6.07) is 0. The average Bonchev–Trinajstić information content (AvgIpc) is 1.98. The number of ether oxygens (including phenoxy) is 2. The SMILES string of the molecule is CC/C=C\C/C=C\C/C=C\C/C=C\C/C=C\C/C=C\C/C=C\C/C=C\C/C=C\CCCCCCCCCCCCCC(=O)OC(COC(=O)CCCCCCCCCCCCCCCC/C=C\C/C=C\C/C=C\C/C=C\C/C=C\C/C=C\CC)COP(=O)([O-])OCC[N+](C)(C)C. The van der Waals surface area contributed by atoms with E-state index in [0.29, 0.717) is 17.4 Å². The molecule has 0 aromatic carbocycles. The zero-order valence-electron chi connectivity index (χ0n) is 62.0. The molecule has 0 bridgehead atoms. The smallest absolute Gasteiger partial charge is 0.306 e. The van der Waals surface area contributed by atoms with Gasteiger partial charge in [-0.15, -0.1) is 0 Å². The lowest BCUT2D eigenvalue weighted by Crippen LogP contribution is -2.37. The largest absolute Gasteiger partial charge is 0.756 e. The molecular weight excluding hydrogens is 1210 g/mol. The third kappa shape index (κ3) is 78.1. The average molecular weight is 1350 g/mol. The summed E-state index contributed by atoms with van der Waals surface area (Å²) in [7, 11) is 1.15. The van der Waals surface area contributed by atoms with E-state index in [1.807, 2.05) is 21.1 Å². The van der Waals surface area contributed by atoms with Gasteiger partial charge in [0.25, 0.3) is 7.82 Å². The lowest BCUT2D eigenvalue weighted by Gasteiger charge is -2.28. The predicted octanol–water partition coefficient (Wildman–Crippen LogP) is 25.2. The maximum absolute atomic E-state index is 12.9. The van der Waals surface area contributed by atoms with Gasteiger partial charge in [-0.25, -0.2) is 0 Å². The Balaban J connectivity index is 4.07. The molecule has 0 aliphatic rings. The fraction of sp³-hybridized carbons (Fsp3) is 0.628. The van der Waals surface area contributed by atoms with Crippen molar-refractivity contribution in [3.63, 3.8) is 0 Å². The van der Waals surface area contributed by atoms with E-state index in [0.717, 1.165) is 141 Å². The van der Waals surface area contributed by atoms with Gasteiger partial charge in [0, 0.05) is 12.8 Å². The molecule has 0 aromatic rings. The quantitative estimate of drug-likeness (QED) is 0.0195. The highest BCUT2D eigenvalue weighted by Gasteiger charge is 2.22. The minimum Gasteiger partial charge on any atom is -0.756 e. The molecule has 0 fully saturated rings. The molecule has 0 saturated carbocycles. The van der Waals surface area contributed by atoms with E-state index in [-0.39, 0.29) is 32.0 Å². The van der Waals surface area contributed by atoms with Crippen LogP contribution in [0.25, 0.3) is 0 Å². The molecule has 0 aliphatic heterocycles. The topological polar surface area (TPSA) is 111 Å². The molecule has 0 rings (SSSR count). The molecule has 0 saturated heterocycles. The Hall–Kier alpha value is -4.89. The minimum absolute atomic E-state index is 0.0390. The van der Waals surface area contributed by atoms with Crippen molar-refractivity contribution in [1.82, 2.24) is 0 Å². The first-order chi connectivity index (χ1) is 47.0. The van der Waals surface area contributed by atoms with E-state index in [1.54, 1.807) is 0 Å². The molecule has 9 nitrogen and oxygen atoms in total. The fourth-order valence-corrected chi connectivity index (χ4v) is 10.9. The Labute approximate surface area is 591 Å². The predicted molar refractivity (Wildman–Crippen MR) is 415 cm³/mol. The van der Waals surface area contributed by atoms with E-state index in [9.17, 15) is 19.0 Å². The maximum Gasteiger partial charge on any atom is 0.306 e. The summed E-state index contributed by atoms with van der Waals surface area (Å²) in [6.45, 7) is 4.01. The number of phosphoric ester groups is 1. The van der Waals surface area contributed by atoms with Crippen LogP contribution in [-0.4, -0.2) is 70.0 Å². The highest BCUT2D eigenvalue weighted by atomic mass is 31.2. The van der Waals surface area contributed by atoms with Crippen molar-refractivity contribution >= 4 is 19.8 Å². The summed E-state index contributed by atoms with van der Waals surface area (Å²) in [5, 5.41) is 0. The Morgan fingerprint density at radius 3 is 0.833 bits per heavy atom. The zero-order chi connectivity index (χ0) is 69.7. The molecule has 544 valence electrons. The number of nitrogens with zero attached hydrogens (tertiary/aromatic N) is 1. The third-order valence-electron chi connectivity index (χ3n) is 15.9. The molecule has 10 heteroatoms. The molecule has 0 N–H and O–H groups in total. The molecule has 0 aromatic heterocycles. The summed E-state index contributed by atoms with van der Waals surface area (Å²) in [5.41, 5.74) is 0. The summed E-state index contributed by atoms with van der Waals surface area (Å²) in [4.78, 5) is 38.2. The van der Waals surface area contributed by atoms with Gasteiger partial charge in [0.2, 0.25) is 0 Å². The van der Waals surface area contributed by atoms with Crippen LogP contribution >= 0.6 is 7.82 Å². The summed E-state index contributed by atoms with van der Waals surface area (Å²) >= 11 is 0. The molecular formula is C86H142NO8P. The van der Waals surface area contributed by atoms with Crippen molar-refractivity contribution in [1.29, 1.82) is 0 Å². The summed E-state index contributed by atoms with van der Waals surface area (Å²) in [6.07, 6.45) is 114. The van der Waals surface area contributed by atoms with Gasteiger partial charge in [0.15, 0.2) is 6.10 Å². The van der Waals surface area contributed by atoms with Crippen molar-refractivity contribution in [3.8, 4) is 0 Å². The highest BCUT2D eigenvalue weighted by molar-refractivity contribution is 7.45. The highest BCUT2D eigenvalue weighted by Crippen LogP contribution is 2.38. The number of quaternary nitrogens is 1. The Kier molecular flexibility index (Phi) is 70.5. The Bertz CT molecular complexity index is 2280. The first kappa shape index (κ1) is 91.1. The summed E-state index contributed by atoms with van der Waals surface area (Å²) in [5.74, 6) is -0.841. The number of rotatable bonds is 69. The third-order valence-corrected chi connectivity index (χ3v) is 16.9. The van der Waals surface area contributed by atoms with Crippen LogP contribution in [0.2, 0.25) is 0 Å². The van der Waals surface area contributed by atoms with E-state index in [1.165, 1.54) is 122 Å². The Morgan fingerprint density at radius 1 is 0.323 bits per heavy atom. The second kappa shape index (κ2) is 74.3. The normalized spacial score (nSPS) is 14.1. The zero-order valence-corrected chi connectivity index (χ0v) is 62.9. The van der Waals surface area contributed by atoms with Crippen LogP contribution in [0.15, 0.2) is 182 Å². The molecule has 0 amide bonds. The van der Waals surface area contributed by atoms with Crippen LogP contribution in [0.3, 0.4) is 0 Å². The lowest BCUT2D eigenvalue weighted by atomic mass is 10.0. The van der Waals surface area contributed by atoms with Gasteiger partial charge in [0.05, 0.1) is 27.7 Å². The van der Waals surface area contributed by atoms with Crippen molar-refractivity contribution in [2.24, 2.45) is 0 Å². The van der Waals surface area contributed by atoms with Crippen LogP contribution in [0.1, 0.15) is 296 Å². The van der Waals surface area contributed by atoms with Crippen molar-refractivity contribution in [3.05, 3.63) is 182 Å². The van der Waals surface area contributed by atoms with Gasteiger partial charge < -0.3 is 27.9 Å². The number of hydrogen-bond acceptors (Lipinski definition) is 8. The van der Waals surface area contributed by atoms with E-state index in [2.05, 4.69) is 196 Å². The van der Waals surface area contributed by atoms with Crippen molar-refractivity contribution < 1.29 is 42.1 Å². The monoisotopic (exact) mass is 1350 g/mol. The maximum atomic E-state index is 12.9. The first-order valence-electron chi connectivity index (χ1n) is 38.5. The van der Waals surface area contributed by atoms with E-state index >= 15 is 0 Å². The number of allylic oxidation sites excluding steroid dienone is 30. The summed E-state index contributed by atoms with van der Waals surface area (Å²) < 4.78 is 34.4. The van der Waals surface area contributed by atoms with Gasteiger partial charge in [-0.3, -0.25) is 14.2 Å². The number of phosphoric acid groups is 1. The van der Waals surface area contributed by atoms with Crippen LogP contribution in [0.4, 0.5) is 0 Å².